The molecule has 1 saturated heterocycles. The van der Waals surface area contributed by atoms with Crippen LogP contribution < -0.4 is 11.1 Å². The summed E-state index contributed by atoms with van der Waals surface area (Å²) in [5.41, 5.74) is 5.39. The van der Waals surface area contributed by atoms with Crippen LogP contribution in [-0.4, -0.2) is 31.7 Å². The van der Waals surface area contributed by atoms with Crippen molar-refractivity contribution in [3.8, 4) is 0 Å². The lowest BCUT2D eigenvalue weighted by Crippen LogP contribution is -2.47. The van der Waals surface area contributed by atoms with E-state index >= 15 is 0 Å². The van der Waals surface area contributed by atoms with Crippen LogP contribution in [0.25, 0.3) is 0 Å². The minimum atomic E-state index is -4.39. The summed E-state index contributed by atoms with van der Waals surface area (Å²) >= 11 is 0. The second-order valence-electron chi connectivity index (χ2n) is 7.81. The van der Waals surface area contributed by atoms with Crippen molar-refractivity contribution in [1.82, 2.24) is 5.32 Å². The van der Waals surface area contributed by atoms with Crippen molar-refractivity contribution >= 4 is 5.91 Å². The first-order valence-corrected chi connectivity index (χ1v) is 9.59. The Kier molecular flexibility index (Phi) is 6.11. The highest BCUT2D eigenvalue weighted by Crippen LogP contribution is 2.38. The molecule has 150 valence electrons. The number of nitrogens with two attached hydrogens (primary N) is 1. The van der Waals surface area contributed by atoms with Gasteiger partial charge in [0.15, 0.2) is 0 Å². The molecule has 0 aromatic heterocycles. The van der Waals surface area contributed by atoms with Crippen LogP contribution in [0.5, 0.6) is 0 Å². The van der Waals surface area contributed by atoms with Gasteiger partial charge in [0.05, 0.1) is 5.56 Å². The van der Waals surface area contributed by atoms with Crippen molar-refractivity contribution in [1.29, 1.82) is 0 Å². The van der Waals surface area contributed by atoms with Gasteiger partial charge in [-0.3, -0.25) is 4.79 Å². The molecule has 27 heavy (non-hydrogen) atoms. The molecule has 3 N–H and O–H groups in total. The maximum atomic E-state index is 13.1. The smallest absolute Gasteiger partial charge is 0.381 e. The van der Waals surface area contributed by atoms with Crippen molar-refractivity contribution in [2.45, 2.75) is 56.2 Å². The van der Waals surface area contributed by atoms with E-state index in [9.17, 15) is 18.0 Å². The molecule has 2 atom stereocenters. The topological polar surface area (TPSA) is 64.4 Å². The predicted molar refractivity (Wildman–Crippen MR) is 96.1 cm³/mol. The Morgan fingerprint density at radius 2 is 2.00 bits per heavy atom. The zero-order chi connectivity index (χ0) is 19.5. The van der Waals surface area contributed by atoms with E-state index in [1.807, 2.05) is 0 Å². The van der Waals surface area contributed by atoms with Gasteiger partial charge in [-0.25, -0.2) is 0 Å². The van der Waals surface area contributed by atoms with Gasteiger partial charge in [0.2, 0.25) is 5.91 Å². The molecular weight excluding hydrogens is 357 g/mol. The van der Waals surface area contributed by atoms with Gasteiger partial charge >= 0.3 is 6.18 Å². The molecule has 1 heterocycles. The molecule has 1 saturated carbocycles. The summed E-state index contributed by atoms with van der Waals surface area (Å²) < 4.78 is 44.9. The van der Waals surface area contributed by atoms with Gasteiger partial charge in [-0.1, -0.05) is 24.6 Å². The minimum Gasteiger partial charge on any atom is -0.381 e. The number of benzene rings is 1. The number of alkyl halides is 3. The third-order valence-corrected chi connectivity index (χ3v) is 5.94. The molecule has 1 aliphatic heterocycles. The van der Waals surface area contributed by atoms with Crippen molar-refractivity contribution in [3.05, 3.63) is 35.4 Å². The molecule has 1 aliphatic carbocycles. The first kappa shape index (κ1) is 20.1. The van der Waals surface area contributed by atoms with Gasteiger partial charge in [0.1, 0.15) is 0 Å². The van der Waals surface area contributed by atoms with Crippen LogP contribution in [0.3, 0.4) is 0 Å². The Labute approximate surface area is 157 Å². The largest absolute Gasteiger partial charge is 0.416 e. The van der Waals surface area contributed by atoms with Crippen molar-refractivity contribution < 1.29 is 22.7 Å². The molecule has 2 fully saturated rings. The summed E-state index contributed by atoms with van der Waals surface area (Å²) in [4.78, 5) is 12.6. The van der Waals surface area contributed by atoms with Crippen LogP contribution in [0.1, 0.15) is 49.7 Å². The maximum Gasteiger partial charge on any atom is 0.416 e. The van der Waals surface area contributed by atoms with Gasteiger partial charge < -0.3 is 15.8 Å². The first-order valence-electron chi connectivity index (χ1n) is 9.59. The Balaban J connectivity index is 1.76. The number of halogens is 3. The minimum absolute atomic E-state index is 0.0389. The fourth-order valence-corrected chi connectivity index (χ4v) is 4.22. The highest BCUT2D eigenvalue weighted by Gasteiger charge is 2.38. The second kappa shape index (κ2) is 8.19. The van der Waals surface area contributed by atoms with Gasteiger partial charge in [0.25, 0.3) is 0 Å². The van der Waals surface area contributed by atoms with Gasteiger partial charge in [-0.05, 0) is 43.7 Å². The predicted octanol–water partition coefficient (Wildman–Crippen LogP) is 3.39. The molecule has 0 radical (unpaired) electrons. The Hall–Kier alpha value is -1.60. The van der Waals surface area contributed by atoms with Crippen molar-refractivity contribution in [2.75, 3.05) is 19.8 Å². The molecule has 2 unspecified atom stereocenters. The summed E-state index contributed by atoms with van der Waals surface area (Å²) in [5.74, 6) is -0.143. The molecular formula is C20H27F3N2O2. The molecule has 4 nitrogen and oxygen atoms in total. The van der Waals surface area contributed by atoms with Crippen LogP contribution in [0.4, 0.5) is 13.2 Å². The number of carbonyl (C=O) groups excluding carboxylic acids is 1. The van der Waals surface area contributed by atoms with Crippen molar-refractivity contribution in [2.24, 2.45) is 11.7 Å². The van der Waals surface area contributed by atoms with Gasteiger partial charge in [0, 0.05) is 37.1 Å². The fraction of sp³-hybridized carbons (Fsp3) is 0.650. The molecule has 3 rings (SSSR count). The third kappa shape index (κ3) is 4.82. The van der Waals surface area contributed by atoms with E-state index in [0.717, 1.165) is 25.3 Å². The zero-order valence-electron chi connectivity index (χ0n) is 15.4. The van der Waals surface area contributed by atoms with Crippen LogP contribution in [-0.2, 0) is 21.1 Å². The lowest BCUT2D eigenvalue weighted by atomic mass is 9.73. The lowest BCUT2D eigenvalue weighted by molar-refractivity contribution is -0.137. The molecule has 0 spiro atoms. The Morgan fingerprint density at radius 3 is 2.67 bits per heavy atom. The maximum absolute atomic E-state index is 13.1. The number of rotatable bonds is 4. The summed E-state index contributed by atoms with van der Waals surface area (Å²) in [6, 6.07) is 5.52. The number of ether oxygens (including phenoxy) is 1. The normalized spacial score (nSPS) is 25.8. The third-order valence-electron chi connectivity index (χ3n) is 5.94. The van der Waals surface area contributed by atoms with E-state index in [1.54, 1.807) is 6.07 Å². The van der Waals surface area contributed by atoms with Gasteiger partial charge in [-0.2, -0.15) is 13.2 Å². The summed E-state index contributed by atoms with van der Waals surface area (Å²) in [5, 5.41) is 3.01. The zero-order valence-corrected chi connectivity index (χ0v) is 15.4. The van der Waals surface area contributed by atoms with Crippen LogP contribution in [0, 0.1) is 5.92 Å². The standard InChI is InChI=1S/C20H27F3N2O2/c21-20(22,23)16-5-2-4-15(12-16)19(7-9-27-10-8-19)13-25-18(26)14-3-1-6-17(24)11-14/h2,4-5,12,14,17H,1,3,6-11,13,24H2,(H,25,26). The van der Waals surface area contributed by atoms with Crippen molar-refractivity contribution in [3.63, 3.8) is 0 Å². The highest BCUT2D eigenvalue weighted by molar-refractivity contribution is 5.79. The Bertz CT molecular complexity index is 657. The summed E-state index contributed by atoms with van der Waals surface area (Å²) in [6.07, 6.45) is 0.146. The van der Waals surface area contributed by atoms with E-state index < -0.39 is 17.2 Å². The second-order valence-corrected chi connectivity index (χ2v) is 7.81. The van der Waals surface area contributed by atoms with E-state index in [-0.39, 0.29) is 17.9 Å². The number of carbonyl (C=O) groups is 1. The SMILES string of the molecule is NC1CCCC(C(=O)NCC2(c3cccc(C(F)(F)F)c3)CCOCC2)C1. The monoisotopic (exact) mass is 384 g/mol. The summed E-state index contributed by atoms with van der Waals surface area (Å²) in [7, 11) is 0. The van der Waals surface area contributed by atoms with E-state index in [0.29, 0.717) is 44.6 Å². The van der Waals surface area contributed by atoms with Gasteiger partial charge in [-0.15, -0.1) is 0 Å². The van der Waals surface area contributed by atoms with E-state index in [2.05, 4.69) is 5.32 Å². The molecule has 1 aromatic rings. The average Bonchev–Trinajstić information content (AvgIpc) is 2.66. The molecule has 1 aromatic carbocycles. The quantitative estimate of drug-likeness (QED) is 0.836. The Morgan fingerprint density at radius 1 is 1.26 bits per heavy atom. The molecule has 7 heteroatoms. The number of hydrogen-bond donors (Lipinski definition) is 2. The van der Waals surface area contributed by atoms with E-state index in [1.165, 1.54) is 12.1 Å². The molecule has 1 amide bonds. The van der Waals surface area contributed by atoms with Crippen LogP contribution in [0.15, 0.2) is 24.3 Å². The average molecular weight is 384 g/mol. The lowest BCUT2D eigenvalue weighted by Gasteiger charge is -2.39. The number of hydrogen-bond acceptors (Lipinski definition) is 3. The van der Waals surface area contributed by atoms with E-state index in [4.69, 9.17) is 10.5 Å². The van der Waals surface area contributed by atoms with Crippen LogP contribution in [0.2, 0.25) is 0 Å². The number of nitrogens with one attached hydrogen (secondary N) is 1. The summed E-state index contributed by atoms with van der Waals surface area (Å²) in [6.45, 7) is 1.27. The molecule has 2 aliphatic rings. The highest BCUT2D eigenvalue weighted by atomic mass is 19.4. The van der Waals surface area contributed by atoms with Crippen LogP contribution >= 0.6 is 0 Å². The molecule has 0 bridgehead atoms. The number of amides is 1. The fourth-order valence-electron chi connectivity index (χ4n) is 4.22. The first-order chi connectivity index (χ1) is 12.8.